The zero-order valence-corrected chi connectivity index (χ0v) is 17.8. The third-order valence-electron chi connectivity index (χ3n) is 6.35. The molecule has 152 valence electrons. The van der Waals surface area contributed by atoms with Gasteiger partial charge < -0.3 is 0 Å². The quantitative estimate of drug-likeness (QED) is 0.311. The zero-order chi connectivity index (χ0) is 21.3. The van der Waals surface area contributed by atoms with Crippen molar-refractivity contribution in [3.05, 3.63) is 127 Å². The van der Waals surface area contributed by atoms with Crippen LogP contribution in [-0.2, 0) is 12.8 Å². The van der Waals surface area contributed by atoms with Crippen LogP contribution in [0.4, 0.5) is 0 Å². The Labute approximate surface area is 188 Å². The summed E-state index contributed by atoms with van der Waals surface area (Å²) in [6.07, 6.45) is 5.84. The Morgan fingerprint density at radius 2 is 1.25 bits per heavy atom. The highest BCUT2D eigenvalue weighted by atomic mass is 15.0. The molecule has 32 heavy (non-hydrogen) atoms. The maximum atomic E-state index is 4.28. The number of rotatable bonds is 3. The minimum atomic E-state index is 1.02. The number of fused-ring (bicyclic) bond motifs is 3. The Morgan fingerprint density at radius 1 is 0.594 bits per heavy atom. The molecule has 0 aliphatic heterocycles. The maximum absolute atomic E-state index is 4.28. The second-order valence-electron chi connectivity index (χ2n) is 8.20. The van der Waals surface area contributed by atoms with Gasteiger partial charge in [0.15, 0.2) is 0 Å². The summed E-state index contributed by atoms with van der Waals surface area (Å²) < 4.78 is 2.43. The van der Waals surface area contributed by atoms with Crippen LogP contribution in [0, 0.1) is 0 Å². The van der Waals surface area contributed by atoms with Gasteiger partial charge in [0, 0.05) is 41.7 Å². The number of pyridine rings is 2. The lowest BCUT2D eigenvalue weighted by molar-refractivity contribution is -0.572. The SMILES string of the molecule is c1ccc(-c2cc(-c3ccccc3)[n+](-c3ccncc3)c3c2CCc2ccccc2-3)cc1. The van der Waals surface area contributed by atoms with E-state index in [1.165, 1.54) is 44.8 Å². The molecule has 0 fully saturated rings. The molecule has 2 heterocycles. The van der Waals surface area contributed by atoms with Crippen molar-refractivity contribution in [2.45, 2.75) is 12.8 Å². The van der Waals surface area contributed by atoms with Crippen molar-refractivity contribution in [1.29, 1.82) is 0 Å². The fourth-order valence-electron chi connectivity index (χ4n) is 4.89. The first-order valence-electron chi connectivity index (χ1n) is 11.1. The summed E-state index contributed by atoms with van der Waals surface area (Å²) in [7, 11) is 0. The van der Waals surface area contributed by atoms with Crippen LogP contribution in [-0.4, -0.2) is 4.98 Å². The van der Waals surface area contributed by atoms with Crippen molar-refractivity contribution >= 4 is 0 Å². The Bertz CT molecular complexity index is 1390. The number of aryl methyl sites for hydroxylation is 1. The van der Waals surface area contributed by atoms with E-state index in [1.54, 1.807) is 0 Å². The maximum Gasteiger partial charge on any atom is 0.223 e. The second-order valence-corrected chi connectivity index (χ2v) is 8.20. The van der Waals surface area contributed by atoms with Crippen LogP contribution in [0.2, 0.25) is 0 Å². The molecule has 0 amide bonds. The molecule has 1 aliphatic carbocycles. The number of benzene rings is 3. The first-order valence-corrected chi connectivity index (χ1v) is 11.1. The van der Waals surface area contributed by atoms with Crippen molar-refractivity contribution in [3.8, 4) is 39.3 Å². The van der Waals surface area contributed by atoms with Gasteiger partial charge >= 0.3 is 0 Å². The van der Waals surface area contributed by atoms with Crippen molar-refractivity contribution in [2.24, 2.45) is 0 Å². The molecule has 0 spiro atoms. The van der Waals surface area contributed by atoms with Gasteiger partial charge in [0.2, 0.25) is 17.1 Å². The highest BCUT2D eigenvalue weighted by molar-refractivity contribution is 5.81. The van der Waals surface area contributed by atoms with Crippen LogP contribution in [0.25, 0.3) is 39.3 Å². The highest BCUT2D eigenvalue weighted by Crippen LogP contribution is 2.39. The lowest BCUT2D eigenvalue weighted by Crippen LogP contribution is -2.39. The van der Waals surface area contributed by atoms with Crippen LogP contribution in [0.1, 0.15) is 11.1 Å². The van der Waals surface area contributed by atoms with Gasteiger partial charge in [-0.15, -0.1) is 0 Å². The molecule has 6 rings (SSSR count). The molecule has 0 saturated heterocycles. The van der Waals surface area contributed by atoms with E-state index in [4.69, 9.17) is 0 Å². The predicted molar refractivity (Wildman–Crippen MR) is 129 cm³/mol. The van der Waals surface area contributed by atoms with Gasteiger partial charge in [-0.1, -0.05) is 66.7 Å². The first kappa shape index (κ1) is 18.7. The molecule has 0 bridgehead atoms. The smallest absolute Gasteiger partial charge is 0.223 e. The third kappa shape index (κ3) is 3.12. The summed E-state index contributed by atoms with van der Waals surface area (Å²) in [5.41, 5.74) is 11.5. The fraction of sp³-hybridized carbons (Fsp3) is 0.0667. The van der Waals surface area contributed by atoms with Gasteiger partial charge in [-0.25, -0.2) is 0 Å². The molecule has 2 aromatic heterocycles. The number of nitrogens with zero attached hydrogens (tertiary/aromatic N) is 2. The third-order valence-corrected chi connectivity index (χ3v) is 6.35. The molecule has 2 nitrogen and oxygen atoms in total. The van der Waals surface area contributed by atoms with Crippen LogP contribution < -0.4 is 4.57 Å². The van der Waals surface area contributed by atoms with Crippen LogP contribution in [0.3, 0.4) is 0 Å². The Kier molecular flexibility index (Phi) is 4.62. The van der Waals surface area contributed by atoms with Crippen LogP contribution in [0.5, 0.6) is 0 Å². The topological polar surface area (TPSA) is 16.8 Å². The van der Waals surface area contributed by atoms with Crippen LogP contribution in [0.15, 0.2) is 116 Å². The van der Waals surface area contributed by atoms with Gasteiger partial charge in [-0.2, -0.15) is 4.57 Å². The Morgan fingerprint density at radius 3 is 2.00 bits per heavy atom. The van der Waals surface area contributed by atoms with E-state index in [0.29, 0.717) is 0 Å². The molecular weight excluding hydrogens is 388 g/mol. The fourth-order valence-corrected chi connectivity index (χ4v) is 4.89. The summed E-state index contributed by atoms with van der Waals surface area (Å²) in [6.45, 7) is 0. The zero-order valence-electron chi connectivity index (χ0n) is 17.8. The lowest BCUT2D eigenvalue weighted by Gasteiger charge is -2.22. The molecule has 0 atom stereocenters. The molecule has 0 saturated carbocycles. The molecule has 5 aromatic rings. The number of hydrogen-bond acceptors (Lipinski definition) is 1. The van der Waals surface area contributed by atoms with Crippen molar-refractivity contribution < 1.29 is 4.57 Å². The van der Waals surface area contributed by atoms with Gasteiger partial charge in [0.05, 0.1) is 5.56 Å². The van der Waals surface area contributed by atoms with Crippen molar-refractivity contribution in [1.82, 2.24) is 4.98 Å². The average Bonchev–Trinajstić information content (AvgIpc) is 2.89. The van der Waals surface area contributed by atoms with E-state index in [9.17, 15) is 0 Å². The standard InChI is InChI=1S/C30H23N2/c1-3-9-22(10-4-1)28-21-29(24-12-5-2-6-13-24)32(25-17-19-31-20-18-25)30-26-14-8-7-11-23(26)15-16-27(28)30/h1-14,17-21H,15-16H2/q+1. The number of aromatic nitrogens is 2. The lowest BCUT2D eigenvalue weighted by atomic mass is 9.83. The summed E-state index contributed by atoms with van der Waals surface area (Å²) in [4.78, 5) is 4.28. The summed E-state index contributed by atoms with van der Waals surface area (Å²) in [5.74, 6) is 0. The highest BCUT2D eigenvalue weighted by Gasteiger charge is 2.33. The minimum absolute atomic E-state index is 1.02. The van der Waals surface area contributed by atoms with E-state index in [-0.39, 0.29) is 0 Å². The minimum Gasteiger partial charge on any atom is -0.264 e. The largest absolute Gasteiger partial charge is 0.264 e. The van der Waals surface area contributed by atoms with E-state index in [0.717, 1.165) is 18.5 Å². The van der Waals surface area contributed by atoms with Gasteiger partial charge in [-0.3, -0.25) is 4.98 Å². The molecule has 3 aromatic carbocycles. The van der Waals surface area contributed by atoms with Gasteiger partial charge in [0.25, 0.3) is 0 Å². The molecule has 0 radical (unpaired) electrons. The monoisotopic (exact) mass is 411 g/mol. The molecule has 0 N–H and O–H groups in total. The van der Waals surface area contributed by atoms with Crippen LogP contribution >= 0.6 is 0 Å². The van der Waals surface area contributed by atoms with E-state index in [1.807, 2.05) is 12.4 Å². The number of hydrogen-bond donors (Lipinski definition) is 0. The molecular formula is C30H23N2+. The molecule has 0 unspecified atom stereocenters. The molecule has 2 heteroatoms. The Hall–Kier alpha value is -4.04. The van der Waals surface area contributed by atoms with Crippen molar-refractivity contribution in [3.63, 3.8) is 0 Å². The van der Waals surface area contributed by atoms with Gasteiger partial charge in [-0.05, 0) is 47.7 Å². The van der Waals surface area contributed by atoms with Gasteiger partial charge in [0.1, 0.15) is 0 Å². The first-order chi connectivity index (χ1) is 15.9. The summed E-state index contributed by atoms with van der Waals surface area (Å²) in [5, 5.41) is 0. The van der Waals surface area contributed by atoms with E-state index < -0.39 is 0 Å². The van der Waals surface area contributed by atoms with E-state index in [2.05, 4.69) is 113 Å². The normalized spacial score (nSPS) is 12.1. The van der Waals surface area contributed by atoms with E-state index >= 15 is 0 Å². The summed E-state index contributed by atoms with van der Waals surface area (Å²) >= 11 is 0. The molecule has 1 aliphatic rings. The second kappa shape index (κ2) is 7.90. The Balaban J connectivity index is 1.78. The predicted octanol–water partition coefficient (Wildman–Crippen LogP) is 6.46. The average molecular weight is 412 g/mol. The van der Waals surface area contributed by atoms with Crippen molar-refractivity contribution in [2.75, 3.05) is 0 Å². The summed E-state index contributed by atoms with van der Waals surface area (Å²) in [6, 6.07) is 36.9.